The highest BCUT2D eigenvalue weighted by molar-refractivity contribution is 6.20. The molecule has 1 heterocycles. The van der Waals surface area contributed by atoms with Crippen LogP contribution in [-0.4, -0.2) is 28.0 Å². The van der Waals surface area contributed by atoms with Crippen molar-refractivity contribution >= 4 is 17.5 Å². The van der Waals surface area contributed by atoms with Crippen molar-refractivity contribution in [2.24, 2.45) is 0 Å². The Labute approximate surface area is 88.0 Å². The highest BCUT2D eigenvalue weighted by Crippen LogP contribution is 2.02. The van der Waals surface area contributed by atoms with Gasteiger partial charge in [-0.15, -0.1) is 11.6 Å². The molecular formula is C9H14ClN3O. The second kappa shape index (κ2) is 5.65. The summed E-state index contributed by atoms with van der Waals surface area (Å²) in [5.41, 5.74) is 0.559. The Balaban J connectivity index is 2.16. The van der Waals surface area contributed by atoms with Crippen LogP contribution in [0.2, 0.25) is 0 Å². The molecule has 0 radical (unpaired) electrons. The van der Waals surface area contributed by atoms with E-state index in [9.17, 15) is 4.79 Å². The number of alkyl halides is 1. The van der Waals surface area contributed by atoms with Gasteiger partial charge in [-0.05, 0) is 19.8 Å². The second-order valence-electron chi connectivity index (χ2n) is 3.17. The number of H-pyrrole nitrogens is 1. The second-order valence-corrected chi connectivity index (χ2v) is 3.91. The van der Waals surface area contributed by atoms with Crippen LogP contribution in [0.15, 0.2) is 12.4 Å². The lowest BCUT2D eigenvalue weighted by Crippen LogP contribution is -2.24. The van der Waals surface area contributed by atoms with Crippen LogP contribution in [0.25, 0.3) is 0 Å². The fourth-order valence-electron chi connectivity index (χ4n) is 1.06. The van der Waals surface area contributed by atoms with Crippen molar-refractivity contribution < 1.29 is 4.79 Å². The van der Waals surface area contributed by atoms with E-state index in [0.29, 0.717) is 12.1 Å². The number of amides is 1. The molecule has 0 saturated carbocycles. The molecule has 1 aromatic heterocycles. The quantitative estimate of drug-likeness (QED) is 0.578. The summed E-state index contributed by atoms with van der Waals surface area (Å²) in [6.45, 7) is 2.60. The molecule has 0 aliphatic carbocycles. The van der Waals surface area contributed by atoms with Gasteiger partial charge in [-0.3, -0.25) is 9.89 Å². The Bertz CT molecular complexity index is 272. The van der Waals surface area contributed by atoms with Crippen LogP contribution in [0.4, 0.5) is 0 Å². The van der Waals surface area contributed by atoms with Crippen molar-refractivity contribution in [3.8, 4) is 0 Å². The third-order valence-electron chi connectivity index (χ3n) is 1.82. The summed E-state index contributed by atoms with van der Waals surface area (Å²) in [4.78, 5) is 11.3. The molecule has 1 atom stereocenters. The van der Waals surface area contributed by atoms with Gasteiger partial charge in [0.05, 0.1) is 11.8 Å². The van der Waals surface area contributed by atoms with Gasteiger partial charge in [0.2, 0.25) is 0 Å². The van der Waals surface area contributed by atoms with Gasteiger partial charge in [0.15, 0.2) is 0 Å². The number of carbonyl (C=O) groups is 1. The predicted octanol–water partition coefficient (Wildman–Crippen LogP) is 1.55. The number of aromatic nitrogens is 2. The van der Waals surface area contributed by atoms with Gasteiger partial charge in [0, 0.05) is 18.1 Å². The van der Waals surface area contributed by atoms with Crippen molar-refractivity contribution in [2.45, 2.75) is 25.1 Å². The minimum atomic E-state index is -0.0963. The average molecular weight is 216 g/mol. The SMILES string of the molecule is CC(Cl)CCCNC(=O)c1cn[nH]c1. The van der Waals surface area contributed by atoms with Crippen molar-refractivity contribution in [3.05, 3.63) is 18.0 Å². The van der Waals surface area contributed by atoms with Gasteiger partial charge in [0.25, 0.3) is 5.91 Å². The van der Waals surface area contributed by atoms with Crippen molar-refractivity contribution in [1.29, 1.82) is 0 Å². The maximum absolute atomic E-state index is 11.3. The molecule has 78 valence electrons. The molecule has 0 aliphatic rings. The maximum Gasteiger partial charge on any atom is 0.254 e. The van der Waals surface area contributed by atoms with Crippen LogP contribution in [0.3, 0.4) is 0 Å². The lowest BCUT2D eigenvalue weighted by atomic mass is 10.2. The first kappa shape index (κ1) is 11.0. The Hall–Kier alpha value is -1.03. The first-order valence-electron chi connectivity index (χ1n) is 4.61. The minimum absolute atomic E-state index is 0.0963. The van der Waals surface area contributed by atoms with Gasteiger partial charge in [-0.2, -0.15) is 5.10 Å². The van der Waals surface area contributed by atoms with Crippen LogP contribution in [0.5, 0.6) is 0 Å². The summed E-state index contributed by atoms with van der Waals surface area (Å²) in [6.07, 6.45) is 4.88. The van der Waals surface area contributed by atoms with Gasteiger partial charge in [-0.25, -0.2) is 0 Å². The van der Waals surface area contributed by atoms with E-state index in [1.807, 2.05) is 6.92 Å². The highest BCUT2D eigenvalue weighted by Gasteiger charge is 2.05. The molecule has 0 bridgehead atoms. The lowest BCUT2D eigenvalue weighted by molar-refractivity contribution is 0.0953. The molecule has 1 unspecified atom stereocenters. The number of halogens is 1. The Morgan fingerprint density at radius 3 is 3.14 bits per heavy atom. The van der Waals surface area contributed by atoms with Gasteiger partial charge in [-0.1, -0.05) is 0 Å². The number of hydrogen-bond acceptors (Lipinski definition) is 2. The van der Waals surface area contributed by atoms with Crippen LogP contribution in [-0.2, 0) is 0 Å². The van der Waals surface area contributed by atoms with Crippen molar-refractivity contribution in [3.63, 3.8) is 0 Å². The van der Waals surface area contributed by atoms with Crippen molar-refractivity contribution in [1.82, 2.24) is 15.5 Å². The molecule has 1 rings (SSSR count). The van der Waals surface area contributed by atoms with Gasteiger partial charge >= 0.3 is 0 Å². The summed E-state index contributed by atoms with van der Waals surface area (Å²) in [5, 5.41) is 9.23. The largest absolute Gasteiger partial charge is 0.352 e. The number of nitrogens with zero attached hydrogens (tertiary/aromatic N) is 1. The Kier molecular flexibility index (Phi) is 4.46. The molecule has 4 nitrogen and oxygen atoms in total. The van der Waals surface area contributed by atoms with E-state index >= 15 is 0 Å². The van der Waals surface area contributed by atoms with E-state index in [-0.39, 0.29) is 11.3 Å². The number of hydrogen-bond donors (Lipinski definition) is 2. The van der Waals surface area contributed by atoms with E-state index < -0.39 is 0 Å². The van der Waals surface area contributed by atoms with Crippen LogP contribution in [0, 0.1) is 0 Å². The molecule has 5 heteroatoms. The number of nitrogens with one attached hydrogen (secondary N) is 2. The van der Waals surface area contributed by atoms with Gasteiger partial charge in [0.1, 0.15) is 0 Å². The molecule has 1 amide bonds. The van der Waals surface area contributed by atoms with Crippen LogP contribution >= 0.6 is 11.6 Å². The lowest BCUT2D eigenvalue weighted by Gasteiger charge is -2.04. The fourth-order valence-corrected chi connectivity index (χ4v) is 1.22. The smallest absolute Gasteiger partial charge is 0.254 e. The summed E-state index contributed by atoms with van der Waals surface area (Å²) in [5.74, 6) is -0.0963. The first-order valence-corrected chi connectivity index (χ1v) is 5.05. The fraction of sp³-hybridized carbons (Fsp3) is 0.556. The molecular weight excluding hydrogens is 202 g/mol. The van der Waals surface area contributed by atoms with E-state index in [1.54, 1.807) is 6.20 Å². The molecule has 2 N–H and O–H groups in total. The Morgan fingerprint density at radius 1 is 1.79 bits per heavy atom. The highest BCUT2D eigenvalue weighted by atomic mass is 35.5. The number of carbonyl (C=O) groups excluding carboxylic acids is 1. The summed E-state index contributed by atoms with van der Waals surface area (Å²) < 4.78 is 0. The molecule has 0 fully saturated rings. The zero-order chi connectivity index (χ0) is 10.4. The molecule has 0 saturated heterocycles. The number of aromatic amines is 1. The molecule has 0 spiro atoms. The maximum atomic E-state index is 11.3. The van der Waals surface area contributed by atoms with Gasteiger partial charge < -0.3 is 5.32 Å². The topological polar surface area (TPSA) is 57.8 Å². The first-order chi connectivity index (χ1) is 6.70. The van der Waals surface area contributed by atoms with E-state index in [4.69, 9.17) is 11.6 Å². The van der Waals surface area contributed by atoms with E-state index in [2.05, 4.69) is 15.5 Å². The Morgan fingerprint density at radius 2 is 2.57 bits per heavy atom. The number of rotatable bonds is 5. The normalized spacial score (nSPS) is 12.4. The molecule has 0 aromatic carbocycles. The van der Waals surface area contributed by atoms with Crippen molar-refractivity contribution in [2.75, 3.05) is 6.54 Å². The summed E-state index contributed by atoms with van der Waals surface area (Å²) in [6, 6.07) is 0. The molecule has 1 aromatic rings. The average Bonchev–Trinajstić information content (AvgIpc) is 2.64. The monoisotopic (exact) mass is 215 g/mol. The third-order valence-corrected chi connectivity index (χ3v) is 2.04. The standard InChI is InChI=1S/C9H14ClN3O/c1-7(10)3-2-4-11-9(14)8-5-12-13-6-8/h5-7H,2-4H2,1H3,(H,11,14)(H,12,13). The zero-order valence-corrected chi connectivity index (χ0v) is 8.84. The zero-order valence-electron chi connectivity index (χ0n) is 8.09. The summed E-state index contributed by atoms with van der Waals surface area (Å²) >= 11 is 5.76. The summed E-state index contributed by atoms with van der Waals surface area (Å²) in [7, 11) is 0. The molecule has 14 heavy (non-hydrogen) atoms. The third kappa shape index (κ3) is 3.79. The van der Waals surface area contributed by atoms with E-state index in [1.165, 1.54) is 6.20 Å². The van der Waals surface area contributed by atoms with E-state index in [0.717, 1.165) is 12.8 Å². The van der Waals surface area contributed by atoms with Crippen LogP contribution < -0.4 is 5.32 Å². The predicted molar refractivity (Wildman–Crippen MR) is 55.5 cm³/mol. The molecule has 0 aliphatic heterocycles. The van der Waals surface area contributed by atoms with Crippen LogP contribution in [0.1, 0.15) is 30.1 Å². The minimum Gasteiger partial charge on any atom is -0.352 e.